The largest absolute Gasteiger partial charge is 0.493 e. The van der Waals surface area contributed by atoms with E-state index in [2.05, 4.69) is 22.3 Å². The van der Waals surface area contributed by atoms with E-state index in [1.165, 1.54) is 12.7 Å². The number of nitrogens with zero attached hydrogens (tertiary/aromatic N) is 1. The summed E-state index contributed by atoms with van der Waals surface area (Å²) in [5, 5.41) is 3.48. The van der Waals surface area contributed by atoms with Crippen LogP contribution in [0.15, 0.2) is 42.5 Å². The average Bonchev–Trinajstić information content (AvgIpc) is 3.10. The van der Waals surface area contributed by atoms with Gasteiger partial charge in [-0.1, -0.05) is 41.9 Å². The van der Waals surface area contributed by atoms with Gasteiger partial charge in [0.25, 0.3) is 5.91 Å². The summed E-state index contributed by atoms with van der Waals surface area (Å²) in [5.74, 6) is 0.782. The molecular weight excluding hydrogens is 364 g/mol. The molecule has 0 aliphatic carbocycles. The molecule has 1 aliphatic rings. The highest BCUT2D eigenvalue weighted by Gasteiger charge is 2.25. The van der Waals surface area contributed by atoms with E-state index in [9.17, 15) is 4.79 Å². The third-order valence-corrected chi connectivity index (χ3v) is 4.92. The first kappa shape index (κ1) is 19.5. The minimum Gasteiger partial charge on any atom is -0.493 e. The fraction of sp³-hybridized carbons (Fsp3) is 0.381. The molecule has 1 saturated heterocycles. The second-order valence-electron chi connectivity index (χ2n) is 6.60. The monoisotopic (exact) mass is 388 g/mol. The van der Waals surface area contributed by atoms with E-state index in [1.54, 1.807) is 12.1 Å². The molecular formula is C21H25ClN2O3. The van der Waals surface area contributed by atoms with Gasteiger partial charge < -0.3 is 14.8 Å². The highest BCUT2D eigenvalue weighted by atomic mass is 35.5. The van der Waals surface area contributed by atoms with E-state index in [0.29, 0.717) is 28.7 Å². The van der Waals surface area contributed by atoms with Crippen LogP contribution in [0.1, 0.15) is 29.3 Å². The number of rotatable bonds is 7. The third kappa shape index (κ3) is 4.93. The SMILES string of the molecule is CCOc1c(Cl)cc(C(=O)NC2CCN(Cc3ccccc3)C2)cc1OC. The van der Waals surface area contributed by atoms with Crippen molar-refractivity contribution in [2.45, 2.75) is 25.9 Å². The van der Waals surface area contributed by atoms with Crippen molar-refractivity contribution in [1.82, 2.24) is 10.2 Å². The molecule has 0 radical (unpaired) electrons. The summed E-state index contributed by atoms with van der Waals surface area (Å²) in [7, 11) is 1.54. The minimum absolute atomic E-state index is 0.123. The molecule has 0 spiro atoms. The van der Waals surface area contributed by atoms with Gasteiger partial charge in [0.2, 0.25) is 0 Å². The van der Waals surface area contributed by atoms with Crippen LogP contribution >= 0.6 is 11.6 Å². The molecule has 1 fully saturated rings. The zero-order valence-electron chi connectivity index (χ0n) is 15.7. The number of methoxy groups -OCH3 is 1. The molecule has 2 aromatic rings. The maximum atomic E-state index is 12.7. The van der Waals surface area contributed by atoms with E-state index in [-0.39, 0.29) is 11.9 Å². The molecule has 0 saturated carbocycles. The topological polar surface area (TPSA) is 50.8 Å². The Morgan fingerprint density at radius 3 is 2.78 bits per heavy atom. The first-order valence-electron chi connectivity index (χ1n) is 9.18. The zero-order chi connectivity index (χ0) is 19.2. The number of hydrogen-bond acceptors (Lipinski definition) is 4. The number of nitrogens with one attached hydrogen (secondary N) is 1. The van der Waals surface area contributed by atoms with Gasteiger partial charge in [0.15, 0.2) is 11.5 Å². The van der Waals surface area contributed by atoms with Crippen LogP contribution in [-0.2, 0) is 6.54 Å². The van der Waals surface area contributed by atoms with Crippen LogP contribution in [0.5, 0.6) is 11.5 Å². The Morgan fingerprint density at radius 2 is 2.07 bits per heavy atom. The molecule has 1 amide bonds. The Bertz CT molecular complexity index is 782. The lowest BCUT2D eigenvalue weighted by molar-refractivity contribution is 0.0937. The zero-order valence-corrected chi connectivity index (χ0v) is 16.5. The van der Waals surface area contributed by atoms with Crippen molar-refractivity contribution in [3.8, 4) is 11.5 Å². The molecule has 1 heterocycles. The van der Waals surface area contributed by atoms with Crippen LogP contribution in [0.4, 0.5) is 0 Å². The summed E-state index contributed by atoms with van der Waals surface area (Å²) in [4.78, 5) is 15.0. The van der Waals surface area contributed by atoms with Crippen molar-refractivity contribution in [2.75, 3.05) is 26.8 Å². The van der Waals surface area contributed by atoms with Crippen LogP contribution in [0.2, 0.25) is 5.02 Å². The van der Waals surface area contributed by atoms with Gasteiger partial charge in [-0.25, -0.2) is 0 Å². The third-order valence-electron chi connectivity index (χ3n) is 4.64. The van der Waals surface area contributed by atoms with E-state index in [0.717, 1.165) is 26.1 Å². The van der Waals surface area contributed by atoms with Crippen molar-refractivity contribution in [1.29, 1.82) is 0 Å². The predicted octanol–water partition coefficient (Wildman–Crippen LogP) is 3.75. The van der Waals surface area contributed by atoms with Crippen molar-refractivity contribution < 1.29 is 14.3 Å². The van der Waals surface area contributed by atoms with Gasteiger partial charge in [0.05, 0.1) is 18.7 Å². The Morgan fingerprint density at radius 1 is 1.30 bits per heavy atom. The fourth-order valence-electron chi connectivity index (χ4n) is 3.34. The first-order chi connectivity index (χ1) is 13.1. The number of likely N-dealkylation sites (tertiary alicyclic amines) is 1. The van der Waals surface area contributed by atoms with Crippen LogP contribution in [0, 0.1) is 0 Å². The predicted molar refractivity (Wildman–Crippen MR) is 107 cm³/mol. The highest BCUT2D eigenvalue weighted by molar-refractivity contribution is 6.32. The molecule has 3 rings (SSSR count). The number of ether oxygens (including phenoxy) is 2. The molecule has 0 aromatic heterocycles. The number of halogens is 1. The summed E-state index contributed by atoms with van der Waals surface area (Å²) < 4.78 is 10.8. The first-order valence-corrected chi connectivity index (χ1v) is 9.56. The number of benzene rings is 2. The Kier molecular flexibility index (Phi) is 6.58. The molecule has 0 bridgehead atoms. The smallest absolute Gasteiger partial charge is 0.251 e. The lowest BCUT2D eigenvalue weighted by atomic mass is 10.1. The lowest BCUT2D eigenvalue weighted by Crippen LogP contribution is -2.37. The molecule has 5 nitrogen and oxygen atoms in total. The Balaban J connectivity index is 1.61. The molecule has 2 aromatic carbocycles. The van der Waals surface area contributed by atoms with Gasteiger partial charge in [-0.15, -0.1) is 0 Å². The normalized spacial score (nSPS) is 16.9. The van der Waals surface area contributed by atoms with Crippen LogP contribution < -0.4 is 14.8 Å². The van der Waals surface area contributed by atoms with Crippen molar-refractivity contribution in [3.63, 3.8) is 0 Å². The molecule has 1 aliphatic heterocycles. The molecule has 6 heteroatoms. The molecule has 144 valence electrons. The Hall–Kier alpha value is -2.24. The van der Waals surface area contributed by atoms with Crippen molar-refractivity contribution >= 4 is 17.5 Å². The van der Waals surface area contributed by atoms with Crippen LogP contribution in [-0.4, -0.2) is 43.7 Å². The molecule has 1 unspecified atom stereocenters. The lowest BCUT2D eigenvalue weighted by Gasteiger charge is -2.17. The number of hydrogen-bond donors (Lipinski definition) is 1. The molecule has 1 N–H and O–H groups in total. The maximum Gasteiger partial charge on any atom is 0.251 e. The number of amides is 1. The second-order valence-corrected chi connectivity index (χ2v) is 7.01. The van der Waals surface area contributed by atoms with Gasteiger partial charge in [0.1, 0.15) is 0 Å². The maximum absolute atomic E-state index is 12.7. The summed E-state index contributed by atoms with van der Waals surface area (Å²) in [6, 6.07) is 13.8. The molecule has 27 heavy (non-hydrogen) atoms. The van der Waals surface area contributed by atoms with Crippen LogP contribution in [0.25, 0.3) is 0 Å². The van der Waals surface area contributed by atoms with E-state index < -0.39 is 0 Å². The fourth-order valence-corrected chi connectivity index (χ4v) is 3.61. The quantitative estimate of drug-likeness (QED) is 0.784. The molecule has 1 atom stereocenters. The minimum atomic E-state index is -0.148. The summed E-state index contributed by atoms with van der Waals surface area (Å²) in [6.07, 6.45) is 0.931. The van der Waals surface area contributed by atoms with Crippen LogP contribution in [0.3, 0.4) is 0 Å². The van der Waals surface area contributed by atoms with Gasteiger partial charge in [-0.2, -0.15) is 0 Å². The van der Waals surface area contributed by atoms with E-state index >= 15 is 0 Å². The van der Waals surface area contributed by atoms with Crippen molar-refractivity contribution in [3.05, 3.63) is 58.6 Å². The average molecular weight is 389 g/mol. The highest BCUT2D eigenvalue weighted by Crippen LogP contribution is 2.36. The number of carbonyl (C=O) groups excluding carboxylic acids is 1. The summed E-state index contributed by atoms with van der Waals surface area (Å²) in [5.41, 5.74) is 1.76. The van der Waals surface area contributed by atoms with Gasteiger partial charge in [-0.3, -0.25) is 9.69 Å². The van der Waals surface area contributed by atoms with E-state index in [1.807, 2.05) is 25.1 Å². The summed E-state index contributed by atoms with van der Waals surface area (Å²) >= 11 is 6.27. The van der Waals surface area contributed by atoms with E-state index in [4.69, 9.17) is 21.1 Å². The second kappa shape index (κ2) is 9.11. The van der Waals surface area contributed by atoms with Gasteiger partial charge in [0, 0.05) is 31.2 Å². The standard InChI is InChI=1S/C21H25ClN2O3/c1-3-27-20-18(22)11-16(12-19(20)26-2)21(25)23-17-9-10-24(14-17)13-15-7-5-4-6-8-15/h4-8,11-12,17H,3,9-10,13-14H2,1-2H3,(H,23,25). The van der Waals surface area contributed by atoms with Gasteiger partial charge >= 0.3 is 0 Å². The number of carbonyl (C=O) groups is 1. The van der Waals surface area contributed by atoms with Gasteiger partial charge in [-0.05, 0) is 31.0 Å². The summed E-state index contributed by atoms with van der Waals surface area (Å²) in [6.45, 7) is 5.05. The van der Waals surface area contributed by atoms with Crippen molar-refractivity contribution in [2.24, 2.45) is 0 Å². The Labute approximate surface area is 165 Å².